The van der Waals surface area contributed by atoms with Crippen LogP contribution in [-0.2, 0) is 0 Å². The molecule has 1 aliphatic heterocycles. The molecular weight excluding hydrogens is 357 g/mol. The fourth-order valence-electron chi connectivity index (χ4n) is 2.87. The molecule has 1 amide bonds. The molecule has 1 unspecified atom stereocenters. The summed E-state index contributed by atoms with van der Waals surface area (Å²) in [5.41, 5.74) is 0.910. The van der Waals surface area contributed by atoms with Crippen molar-refractivity contribution >= 4 is 24.0 Å². The van der Waals surface area contributed by atoms with E-state index in [2.05, 4.69) is 0 Å². The van der Waals surface area contributed by atoms with Crippen LogP contribution in [0.4, 0.5) is 4.39 Å². The molecule has 1 atom stereocenters. The number of ether oxygens (including phenoxy) is 1. The second-order valence-corrected chi connectivity index (χ2v) is 7.21. The third-order valence-electron chi connectivity index (χ3n) is 4.31. The SMILES string of the molecule is COc1ccc(C2CN(C(=O)c3cc(F)c(O)c(C=O)c3)CCS2)cc1. The Labute approximate surface area is 154 Å². The summed E-state index contributed by atoms with van der Waals surface area (Å²) in [5, 5.41) is 9.61. The molecule has 0 saturated carbocycles. The van der Waals surface area contributed by atoms with Crippen LogP contribution in [0.3, 0.4) is 0 Å². The summed E-state index contributed by atoms with van der Waals surface area (Å²) < 4.78 is 18.9. The Morgan fingerprint density at radius 1 is 1.35 bits per heavy atom. The van der Waals surface area contributed by atoms with Gasteiger partial charge in [-0.15, -0.1) is 0 Å². The first-order valence-electron chi connectivity index (χ1n) is 8.06. The van der Waals surface area contributed by atoms with Gasteiger partial charge in [-0.05, 0) is 29.8 Å². The maximum absolute atomic E-state index is 13.8. The molecule has 2 aromatic rings. The van der Waals surface area contributed by atoms with Gasteiger partial charge in [-0.2, -0.15) is 11.8 Å². The van der Waals surface area contributed by atoms with Gasteiger partial charge < -0.3 is 14.7 Å². The molecule has 7 heteroatoms. The number of amides is 1. The monoisotopic (exact) mass is 375 g/mol. The van der Waals surface area contributed by atoms with Crippen molar-refractivity contribution in [3.8, 4) is 11.5 Å². The molecule has 3 rings (SSSR count). The second kappa shape index (κ2) is 7.78. The van der Waals surface area contributed by atoms with E-state index < -0.39 is 11.6 Å². The van der Waals surface area contributed by atoms with Crippen molar-refractivity contribution in [2.24, 2.45) is 0 Å². The molecular formula is C19H18FNO4S. The average Bonchev–Trinajstić information content (AvgIpc) is 2.69. The van der Waals surface area contributed by atoms with E-state index in [0.717, 1.165) is 23.1 Å². The number of halogens is 1. The summed E-state index contributed by atoms with van der Waals surface area (Å²) in [5.74, 6) is -0.545. The summed E-state index contributed by atoms with van der Waals surface area (Å²) in [6.45, 7) is 1.02. The van der Waals surface area contributed by atoms with E-state index in [1.54, 1.807) is 23.8 Å². The van der Waals surface area contributed by atoms with E-state index in [9.17, 15) is 19.1 Å². The highest BCUT2D eigenvalue weighted by molar-refractivity contribution is 7.99. The molecule has 0 spiro atoms. The molecule has 0 bridgehead atoms. The van der Waals surface area contributed by atoms with Crippen LogP contribution < -0.4 is 4.74 Å². The first-order valence-corrected chi connectivity index (χ1v) is 9.11. The highest BCUT2D eigenvalue weighted by Crippen LogP contribution is 2.34. The van der Waals surface area contributed by atoms with Gasteiger partial charge in [-0.3, -0.25) is 9.59 Å². The average molecular weight is 375 g/mol. The quantitative estimate of drug-likeness (QED) is 0.831. The predicted molar refractivity (Wildman–Crippen MR) is 97.5 cm³/mol. The molecule has 0 aliphatic carbocycles. The van der Waals surface area contributed by atoms with Crippen LogP contribution in [0.5, 0.6) is 11.5 Å². The highest BCUT2D eigenvalue weighted by Gasteiger charge is 2.27. The minimum absolute atomic E-state index is 0.0581. The zero-order chi connectivity index (χ0) is 18.7. The van der Waals surface area contributed by atoms with E-state index in [0.29, 0.717) is 19.4 Å². The lowest BCUT2D eigenvalue weighted by Crippen LogP contribution is -2.39. The van der Waals surface area contributed by atoms with Gasteiger partial charge in [0.2, 0.25) is 0 Å². The molecule has 1 fully saturated rings. The van der Waals surface area contributed by atoms with Crippen LogP contribution in [0.25, 0.3) is 0 Å². The number of benzene rings is 2. The number of methoxy groups -OCH3 is 1. The van der Waals surface area contributed by atoms with Crippen molar-refractivity contribution in [2.45, 2.75) is 5.25 Å². The fourth-order valence-corrected chi connectivity index (χ4v) is 4.12. The molecule has 0 radical (unpaired) electrons. The Hall–Kier alpha value is -2.54. The lowest BCUT2D eigenvalue weighted by molar-refractivity contribution is 0.0761. The fraction of sp³-hybridized carbons (Fsp3) is 0.263. The molecule has 26 heavy (non-hydrogen) atoms. The summed E-state index contributed by atoms with van der Waals surface area (Å²) in [6, 6.07) is 9.88. The predicted octanol–water partition coefficient (Wildman–Crippen LogP) is 3.28. The van der Waals surface area contributed by atoms with E-state index in [1.165, 1.54) is 6.07 Å². The summed E-state index contributed by atoms with van der Waals surface area (Å²) in [7, 11) is 1.61. The Bertz CT molecular complexity index is 825. The Morgan fingerprint density at radius 3 is 2.73 bits per heavy atom. The number of aromatic hydroxyl groups is 1. The number of phenolic OH excluding ortho intramolecular Hbond substituents is 1. The number of hydrogen-bond donors (Lipinski definition) is 1. The summed E-state index contributed by atoms with van der Waals surface area (Å²) in [4.78, 5) is 25.3. The van der Waals surface area contributed by atoms with Gasteiger partial charge in [0, 0.05) is 29.7 Å². The Balaban J connectivity index is 1.79. The number of nitrogens with zero attached hydrogens (tertiary/aromatic N) is 1. The van der Waals surface area contributed by atoms with Crippen molar-refractivity contribution in [1.29, 1.82) is 0 Å². The van der Waals surface area contributed by atoms with Crippen LogP contribution in [0.15, 0.2) is 36.4 Å². The smallest absolute Gasteiger partial charge is 0.254 e. The van der Waals surface area contributed by atoms with Crippen molar-refractivity contribution in [3.63, 3.8) is 0 Å². The first-order chi connectivity index (χ1) is 12.5. The number of thioether (sulfide) groups is 1. The first kappa shape index (κ1) is 18.3. The largest absolute Gasteiger partial charge is 0.504 e. The van der Waals surface area contributed by atoms with Gasteiger partial charge >= 0.3 is 0 Å². The zero-order valence-electron chi connectivity index (χ0n) is 14.1. The van der Waals surface area contributed by atoms with Crippen molar-refractivity contribution in [2.75, 3.05) is 26.0 Å². The molecule has 2 aromatic carbocycles. The summed E-state index contributed by atoms with van der Waals surface area (Å²) in [6.07, 6.45) is 0.335. The number of carbonyl (C=O) groups is 2. The molecule has 1 aliphatic rings. The second-order valence-electron chi connectivity index (χ2n) is 5.90. The molecule has 136 valence electrons. The van der Waals surface area contributed by atoms with Crippen LogP contribution in [-0.4, -0.2) is 48.2 Å². The lowest BCUT2D eigenvalue weighted by atomic mass is 10.1. The molecule has 1 N–H and O–H groups in total. The number of hydrogen-bond acceptors (Lipinski definition) is 5. The van der Waals surface area contributed by atoms with Crippen LogP contribution in [0, 0.1) is 5.82 Å². The molecule has 0 aromatic heterocycles. The number of phenols is 1. The molecule has 1 saturated heterocycles. The van der Waals surface area contributed by atoms with Gasteiger partial charge in [0.1, 0.15) is 5.75 Å². The zero-order valence-corrected chi connectivity index (χ0v) is 15.0. The molecule has 1 heterocycles. The van der Waals surface area contributed by atoms with Crippen molar-refractivity contribution < 1.29 is 23.8 Å². The van der Waals surface area contributed by atoms with E-state index in [4.69, 9.17) is 4.74 Å². The van der Waals surface area contributed by atoms with Crippen molar-refractivity contribution in [1.82, 2.24) is 4.90 Å². The maximum Gasteiger partial charge on any atom is 0.254 e. The van der Waals surface area contributed by atoms with E-state index in [1.807, 2.05) is 24.3 Å². The minimum atomic E-state index is -0.976. The summed E-state index contributed by atoms with van der Waals surface area (Å²) >= 11 is 1.75. The third-order valence-corrected chi connectivity index (χ3v) is 5.55. The number of aldehydes is 1. The van der Waals surface area contributed by atoms with E-state index >= 15 is 0 Å². The Kier molecular flexibility index (Phi) is 5.46. The third kappa shape index (κ3) is 3.67. The molecule has 5 nitrogen and oxygen atoms in total. The maximum atomic E-state index is 13.8. The minimum Gasteiger partial charge on any atom is -0.504 e. The van der Waals surface area contributed by atoms with Gasteiger partial charge in [-0.25, -0.2) is 4.39 Å². The standard InChI is InChI=1S/C19H18FNO4S/c1-25-15-4-2-12(3-5-15)17-10-21(6-7-26-17)19(24)13-8-14(11-22)18(23)16(20)9-13/h2-5,8-9,11,17,23H,6-7,10H2,1H3. The lowest BCUT2D eigenvalue weighted by Gasteiger charge is -2.33. The topological polar surface area (TPSA) is 66.8 Å². The van der Waals surface area contributed by atoms with Crippen LogP contribution >= 0.6 is 11.8 Å². The van der Waals surface area contributed by atoms with Gasteiger partial charge in [-0.1, -0.05) is 12.1 Å². The van der Waals surface area contributed by atoms with Crippen LogP contribution in [0.1, 0.15) is 31.5 Å². The van der Waals surface area contributed by atoms with E-state index in [-0.39, 0.29) is 22.3 Å². The highest BCUT2D eigenvalue weighted by atomic mass is 32.2. The Morgan fingerprint density at radius 2 is 2.08 bits per heavy atom. The van der Waals surface area contributed by atoms with Gasteiger partial charge in [0.05, 0.1) is 12.7 Å². The normalized spacial score (nSPS) is 17.0. The van der Waals surface area contributed by atoms with Gasteiger partial charge in [0.25, 0.3) is 5.91 Å². The van der Waals surface area contributed by atoms with Gasteiger partial charge in [0.15, 0.2) is 17.9 Å². The van der Waals surface area contributed by atoms with Crippen molar-refractivity contribution in [3.05, 3.63) is 58.9 Å². The number of carbonyl (C=O) groups excluding carboxylic acids is 2. The number of rotatable bonds is 4. The van der Waals surface area contributed by atoms with Crippen LogP contribution in [0.2, 0.25) is 0 Å².